The molecule has 12 heteroatoms. The van der Waals surface area contributed by atoms with Gasteiger partial charge in [0, 0.05) is 18.8 Å². The lowest BCUT2D eigenvalue weighted by atomic mass is 10.1. The third-order valence-corrected chi connectivity index (χ3v) is 4.71. The number of amides is 2. The maximum Gasteiger partial charge on any atom is 0.416 e. The molecule has 2 aromatic rings. The quantitative estimate of drug-likeness (QED) is 0.575. The molecule has 0 bridgehead atoms. The van der Waals surface area contributed by atoms with E-state index in [1.54, 1.807) is 0 Å². The fraction of sp³-hybridized carbons (Fsp3) is 0.278. The highest BCUT2D eigenvalue weighted by molar-refractivity contribution is 6.31. The maximum absolute atomic E-state index is 14.1. The predicted octanol–water partition coefficient (Wildman–Crippen LogP) is 3.61. The zero-order valence-corrected chi connectivity index (χ0v) is 16.3. The average molecular weight is 449 g/mol. The summed E-state index contributed by atoms with van der Waals surface area (Å²) in [5.74, 6) is -3.90. The fourth-order valence-corrected chi connectivity index (χ4v) is 3.15. The molecule has 0 saturated carbocycles. The van der Waals surface area contributed by atoms with Crippen LogP contribution in [0, 0.1) is 18.6 Å². The van der Waals surface area contributed by atoms with Crippen molar-refractivity contribution in [2.24, 2.45) is 0 Å². The molecule has 2 amide bonds. The Labute approximate surface area is 172 Å². The zero-order valence-electron chi connectivity index (χ0n) is 15.5. The Balaban J connectivity index is 1.97. The number of hydrogen-bond acceptors (Lipinski definition) is 4. The molecule has 1 aromatic carbocycles. The molecule has 1 aliphatic rings. The highest BCUT2D eigenvalue weighted by Crippen LogP contribution is 2.33. The normalized spacial score (nSPS) is 16.6. The van der Waals surface area contributed by atoms with E-state index < -0.39 is 52.7 Å². The number of likely N-dealkylation sites (N-methyl/N-ethyl adjacent to an activating group) is 1. The van der Waals surface area contributed by atoms with Crippen molar-refractivity contribution in [3.8, 4) is 0 Å². The van der Waals surface area contributed by atoms with Gasteiger partial charge in [-0.05, 0) is 25.1 Å². The van der Waals surface area contributed by atoms with E-state index in [2.05, 4.69) is 10.4 Å². The van der Waals surface area contributed by atoms with E-state index in [1.807, 2.05) is 0 Å². The summed E-state index contributed by atoms with van der Waals surface area (Å²) in [4.78, 5) is 29.6. The molecule has 1 atom stereocenters. The van der Waals surface area contributed by atoms with Gasteiger partial charge in [-0.1, -0.05) is 11.6 Å². The molecule has 1 aliphatic heterocycles. The van der Waals surface area contributed by atoms with E-state index in [4.69, 9.17) is 11.6 Å². The van der Waals surface area contributed by atoms with Crippen LogP contribution in [0.2, 0.25) is 5.02 Å². The van der Waals surface area contributed by atoms with Gasteiger partial charge in [-0.2, -0.15) is 13.2 Å². The van der Waals surface area contributed by atoms with Crippen molar-refractivity contribution in [3.05, 3.63) is 52.2 Å². The van der Waals surface area contributed by atoms with Crippen molar-refractivity contribution >= 4 is 34.9 Å². The van der Waals surface area contributed by atoms with Crippen LogP contribution >= 0.6 is 11.6 Å². The standard InChI is InChI=1S/C18H14ClF5N4O2/c1-8-3-9(18(22,23)24)4-15(25-8)28-14(7-16(29)26-28)17(30)27(2)13-5-10(19)11(20)6-12(13)21/h3-6,14H,7H2,1-2H3,(H,26,29). The molecule has 160 valence electrons. The number of hydrazine groups is 1. The second kappa shape index (κ2) is 7.71. The van der Waals surface area contributed by atoms with Crippen molar-refractivity contribution < 1.29 is 31.5 Å². The molecule has 6 nitrogen and oxygen atoms in total. The Bertz CT molecular complexity index is 1030. The summed E-state index contributed by atoms with van der Waals surface area (Å²) in [5, 5.41) is 0.464. The van der Waals surface area contributed by atoms with Gasteiger partial charge in [0.05, 0.1) is 22.7 Å². The largest absolute Gasteiger partial charge is 0.416 e. The second-order valence-corrected chi connectivity index (χ2v) is 7.00. The zero-order chi connectivity index (χ0) is 22.4. The SMILES string of the molecule is Cc1cc(C(F)(F)F)cc(N2NC(=O)CC2C(=O)N(C)c2cc(Cl)c(F)cc2F)n1. The van der Waals surface area contributed by atoms with Crippen molar-refractivity contribution in [2.45, 2.75) is 25.6 Å². The van der Waals surface area contributed by atoms with Crippen molar-refractivity contribution in [1.82, 2.24) is 10.4 Å². The number of pyridine rings is 1. The Hall–Kier alpha value is -2.95. The summed E-state index contributed by atoms with van der Waals surface area (Å²) in [7, 11) is 1.17. The topological polar surface area (TPSA) is 65.5 Å². The number of carbonyl (C=O) groups excluding carboxylic acids is 2. The van der Waals surface area contributed by atoms with Crippen LogP contribution in [-0.2, 0) is 15.8 Å². The highest BCUT2D eigenvalue weighted by atomic mass is 35.5. The molecule has 0 spiro atoms. The smallest absolute Gasteiger partial charge is 0.311 e. The lowest BCUT2D eigenvalue weighted by Crippen LogP contribution is -2.48. The molecule has 1 saturated heterocycles. The number of halogens is 6. The summed E-state index contributed by atoms with van der Waals surface area (Å²) < 4.78 is 66.9. The Kier molecular flexibility index (Phi) is 5.59. The molecule has 0 radical (unpaired) electrons. The van der Waals surface area contributed by atoms with Crippen molar-refractivity contribution in [3.63, 3.8) is 0 Å². The molecule has 0 aliphatic carbocycles. The first-order valence-corrected chi connectivity index (χ1v) is 8.83. The van der Waals surface area contributed by atoms with Crippen LogP contribution in [0.1, 0.15) is 17.7 Å². The van der Waals surface area contributed by atoms with Gasteiger partial charge in [-0.15, -0.1) is 0 Å². The van der Waals surface area contributed by atoms with Gasteiger partial charge in [0.15, 0.2) is 0 Å². The number of hydrogen-bond donors (Lipinski definition) is 1. The number of benzene rings is 1. The molecular formula is C18H14ClF5N4O2. The monoisotopic (exact) mass is 448 g/mol. The van der Waals surface area contributed by atoms with Crippen LogP contribution in [0.25, 0.3) is 0 Å². The van der Waals surface area contributed by atoms with Gasteiger partial charge in [0.25, 0.3) is 5.91 Å². The minimum atomic E-state index is -4.67. The number of aryl methyl sites for hydroxylation is 1. The lowest BCUT2D eigenvalue weighted by molar-refractivity contribution is -0.137. The summed E-state index contributed by atoms with van der Waals surface area (Å²) in [6.07, 6.45) is -5.08. The summed E-state index contributed by atoms with van der Waals surface area (Å²) in [6, 6.07) is 1.58. The fourth-order valence-electron chi connectivity index (χ4n) is 2.99. The van der Waals surface area contributed by atoms with Crippen LogP contribution in [-0.4, -0.2) is 29.9 Å². The van der Waals surface area contributed by atoms with E-state index in [9.17, 15) is 31.5 Å². The molecule has 30 heavy (non-hydrogen) atoms. The first kappa shape index (κ1) is 21.8. The van der Waals surface area contributed by atoms with E-state index in [0.29, 0.717) is 12.1 Å². The number of alkyl halides is 3. The van der Waals surface area contributed by atoms with E-state index in [1.165, 1.54) is 14.0 Å². The minimum absolute atomic E-state index is 0.0110. The van der Waals surface area contributed by atoms with Gasteiger partial charge in [0.1, 0.15) is 23.5 Å². The second-order valence-electron chi connectivity index (χ2n) is 6.59. The first-order valence-electron chi connectivity index (χ1n) is 8.45. The van der Waals surface area contributed by atoms with Gasteiger partial charge < -0.3 is 4.90 Å². The molecule has 1 unspecified atom stereocenters. The average Bonchev–Trinajstić information content (AvgIpc) is 3.04. The molecule has 3 rings (SSSR count). The highest BCUT2D eigenvalue weighted by Gasteiger charge is 2.40. The first-order chi connectivity index (χ1) is 13.9. The van der Waals surface area contributed by atoms with Crippen molar-refractivity contribution in [2.75, 3.05) is 17.0 Å². The van der Waals surface area contributed by atoms with Crippen LogP contribution in [0.4, 0.5) is 33.5 Å². The van der Waals surface area contributed by atoms with Gasteiger partial charge in [0.2, 0.25) is 5.91 Å². The van der Waals surface area contributed by atoms with E-state index >= 15 is 0 Å². The Morgan fingerprint density at radius 1 is 1.23 bits per heavy atom. The summed E-state index contributed by atoms with van der Waals surface area (Å²) in [5.41, 5.74) is 0.923. The maximum atomic E-state index is 14.1. The number of anilines is 2. The van der Waals surface area contributed by atoms with E-state index in [-0.39, 0.29) is 17.2 Å². The number of nitrogens with zero attached hydrogens (tertiary/aromatic N) is 3. The molecule has 1 fully saturated rings. The number of rotatable bonds is 3. The summed E-state index contributed by atoms with van der Waals surface area (Å²) >= 11 is 5.65. The predicted molar refractivity (Wildman–Crippen MR) is 97.8 cm³/mol. The van der Waals surface area contributed by atoms with Crippen LogP contribution in [0.5, 0.6) is 0 Å². The summed E-state index contributed by atoms with van der Waals surface area (Å²) in [6.45, 7) is 1.33. The van der Waals surface area contributed by atoms with Crippen LogP contribution in [0.3, 0.4) is 0 Å². The van der Waals surface area contributed by atoms with Crippen LogP contribution < -0.4 is 15.3 Å². The molecular weight excluding hydrogens is 435 g/mol. The molecule has 1 aromatic heterocycles. The lowest BCUT2D eigenvalue weighted by Gasteiger charge is -2.28. The number of aromatic nitrogens is 1. The molecule has 1 N–H and O–H groups in total. The van der Waals surface area contributed by atoms with Gasteiger partial charge >= 0.3 is 6.18 Å². The Morgan fingerprint density at radius 3 is 2.53 bits per heavy atom. The number of nitrogens with one attached hydrogen (secondary N) is 1. The Morgan fingerprint density at radius 2 is 1.90 bits per heavy atom. The third-order valence-electron chi connectivity index (χ3n) is 4.42. The minimum Gasteiger partial charge on any atom is -0.311 e. The van der Waals surface area contributed by atoms with Gasteiger partial charge in [-0.25, -0.2) is 13.8 Å². The van der Waals surface area contributed by atoms with Gasteiger partial charge in [-0.3, -0.25) is 20.0 Å². The third kappa shape index (κ3) is 4.16. The van der Waals surface area contributed by atoms with Crippen LogP contribution in [0.15, 0.2) is 24.3 Å². The number of carbonyl (C=O) groups is 2. The van der Waals surface area contributed by atoms with Crippen molar-refractivity contribution in [1.29, 1.82) is 0 Å². The molecule has 2 heterocycles. The van der Waals surface area contributed by atoms with E-state index in [0.717, 1.165) is 22.0 Å².